The fourth-order valence-corrected chi connectivity index (χ4v) is 2.37. The molecule has 0 bridgehead atoms. The summed E-state index contributed by atoms with van der Waals surface area (Å²) in [6, 6.07) is 7.67. The Morgan fingerprint density at radius 2 is 1.75 bits per heavy atom. The number of anilines is 4. The Bertz CT molecular complexity index is 1030. The van der Waals surface area contributed by atoms with Gasteiger partial charge in [0.25, 0.3) is 0 Å². The van der Waals surface area contributed by atoms with E-state index >= 15 is 0 Å². The van der Waals surface area contributed by atoms with Crippen LogP contribution in [-0.2, 0) is 6.18 Å². The van der Waals surface area contributed by atoms with E-state index in [9.17, 15) is 23.3 Å². The van der Waals surface area contributed by atoms with Crippen molar-refractivity contribution < 1.29 is 18.1 Å². The predicted molar refractivity (Wildman–Crippen MR) is 95.7 cm³/mol. The van der Waals surface area contributed by atoms with Crippen molar-refractivity contribution in [3.63, 3.8) is 0 Å². The molecule has 8 nitrogen and oxygen atoms in total. The average Bonchev–Trinajstić information content (AvgIpc) is 2.61. The Morgan fingerprint density at radius 1 is 1.04 bits per heavy atom. The summed E-state index contributed by atoms with van der Waals surface area (Å²) in [6.45, 7) is 1.82. The molecule has 0 aliphatic heterocycles. The number of halogens is 3. The molecule has 0 unspecified atom stereocenters. The molecule has 28 heavy (non-hydrogen) atoms. The first-order valence-corrected chi connectivity index (χ1v) is 7.87. The van der Waals surface area contributed by atoms with Crippen molar-refractivity contribution in [1.82, 2.24) is 15.0 Å². The fourth-order valence-electron chi connectivity index (χ4n) is 2.37. The minimum atomic E-state index is -4.54. The highest BCUT2D eigenvalue weighted by Gasteiger charge is 2.31. The van der Waals surface area contributed by atoms with Crippen LogP contribution in [0.1, 0.15) is 11.1 Å². The smallest absolute Gasteiger partial charge is 0.334 e. The van der Waals surface area contributed by atoms with Gasteiger partial charge in [0.1, 0.15) is 12.1 Å². The zero-order chi connectivity index (χ0) is 20.3. The molecule has 3 rings (SSSR count). The van der Waals surface area contributed by atoms with Gasteiger partial charge in [-0.1, -0.05) is 6.07 Å². The zero-order valence-corrected chi connectivity index (χ0v) is 14.4. The van der Waals surface area contributed by atoms with E-state index < -0.39 is 22.4 Å². The summed E-state index contributed by atoms with van der Waals surface area (Å²) in [6.07, 6.45) is -1.97. The summed E-state index contributed by atoms with van der Waals surface area (Å²) >= 11 is 0. The molecular weight excluding hydrogens is 377 g/mol. The minimum absolute atomic E-state index is 0.00347. The molecule has 11 heteroatoms. The molecule has 3 aromatic rings. The number of hydrogen-bond donors (Lipinski definition) is 2. The van der Waals surface area contributed by atoms with Crippen LogP contribution in [0, 0.1) is 17.0 Å². The normalized spacial score (nSPS) is 11.1. The van der Waals surface area contributed by atoms with Crippen LogP contribution in [0.5, 0.6) is 0 Å². The summed E-state index contributed by atoms with van der Waals surface area (Å²) in [5.41, 5.74) is -0.549. The van der Waals surface area contributed by atoms with Crippen molar-refractivity contribution in [3.05, 3.63) is 70.2 Å². The molecule has 0 spiro atoms. The molecule has 144 valence electrons. The summed E-state index contributed by atoms with van der Waals surface area (Å²) in [5.74, 6) is -0.0751. The molecule has 0 fully saturated rings. The van der Waals surface area contributed by atoms with Gasteiger partial charge in [-0.3, -0.25) is 10.1 Å². The van der Waals surface area contributed by atoms with E-state index in [2.05, 4.69) is 25.6 Å². The largest absolute Gasteiger partial charge is 0.416 e. The first-order chi connectivity index (χ1) is 13.2. The van der Waals surface area contributed by atoms with Gasteiger partial charge in [0.15, 0.2) is 0 Å². The summed E-state index contributed by atoms with van der Waals surface area (Å²) in [7, 11) is 0. The second kappa shape index (κ2) is 7.47. The maximum atomic E-state index is 12.9. The Labute approximate surface area is 156 Å². The molecule has 0 aliphatic rings. The standard InChI is InChI=1S/C17H13F3N6O2/c1-10-5-6-21-13(7-10)25-16-14(26(27)28)15(22-9-23-16)24-12-4-2-3-11(8-12)17(18,19)20/h2-9H,1H3,(H2,21,22,23,24,25). The number of aromatic nitrogens is 3. The Balaban J connectivity index is 1.97. The third-order valence-corrected chi connectivity index (χ3v) is 3.62. The van der Waals surface area contributed by atoms with Crippen LogP contribution in [0.4, 0.5) is 42.0 Å². The number of alkyl halides is 3. The SMILES string of the molecule is Cc1ccnc(Nc2ncnc(Nc3cccc(C(F)(F)F)c3)c2[N+](=O)[O-])c1. The van der Waals surface area contributed by atoms with E-state index in [1.165, 1.54) is 18.3 Å². The van der Waals surface area contributed by atoms with Crippen molar-refractivity contribution in [2.24, 2.45) is 0 Å². The lowest BCUT2D eigenvalue weighted by atomic mass is 10.2. The molecule has 2 heterocycles. The second-order valence-corrected chi connectivity index (χ2v) is 5.72. The van der Waals surface area contributed by atoms with E-state index in [1.807, 2.05) is 6.92 Å². The van der Waals surface area contributed by atoms with Crippen LogP contribution in [0.25, 0.3) is 0 Å². The molecule has 1 aromatic carbocycles. The zero-order valence-electron chi connectivity index (χ0n) is 14.4. The van der Waals surface area contributed by atoms with Crippen LogP contribution >= 0.6 is 0 Å². The quantitative estimate of drug-likeness (QED) is 0.485. The van der Waals surface area contributed by atoms with Crippen LogP contribution in [0.15, 0.2) is 48.9 Å². The van der Waals surface area contributed by atoms with Gasteiger partial charge >= 0.3 is 11.9 Å². The van der Waals surface area contributed by atoms with Gasteiger partial charge in [-0.2, -0.15) is 13.2 Å². The van der Waals surface area contributed by atoms with Crippen LogP contribution in [0.3, 0.4) is 0 Å². The fraction of sp³-hybridized carbons (Fsp3) is 0.118. The second-order valence-electron chi connectivity index (χ2n) is 5.72. The van der Waals surface area contributed by atoms with Gasteiger partial charge < -0.3 is 10.6 Å². The summed E-state index contributed by atoms with van der Waals surface area (Å²) in [5, 5.41) is 16.8. The average molecular weight is 390 g/mol. The molecule has 2 aromatic heterocycles. The van der Waals surface area contributed by atoms with Gasteiger partial charge in [-0.25, -0.2) is 15.0 Å². The van der Waals surface area contributed by atoms with Crippen molar-refractivity contribution in [2.45, 2.75) is 13.1 Å². The monoisotopic (exact) mass is 390 g/mol. The topological polar surface area (TPSA) is 106 Å². The first-order valence-electron chi connectivity index (χ1n) is 7.87. The van der Waals surface area contributed by atoms with Crippen LogP contribution < -0.4 is 10.6 Å². The van der Waals surface area contributed by atoms with Gasteiger partial charge in [-0.05, 0) is 42.8 Å². The molecule has 0 amide bonds. The van der Waals surface area contributed by atoms with Crippen LogP contribution in [-0.4, -0.2) is 19.9 Å². The number of aryl methyl sites for hydroxylation is 1. The number of nitro groups is 1. The Hall–Kier alpha value is -3.76. The molecule has 0 atom stereocenters. The number of nitrogens with one attached hydrogen (secondary N) is 2. The van der Waals surface area contributed by atoms with Crippen molar-refractivity contribution in [1.29, 1.82) is 0 Å². The highest BCUT2D eigenvalue weighted by Crippen LogP contribution is 2.35. The third kappa shape index (κ3) is 4.31. The molecule has 0 saturated carbocycles. The molecule has 2 N–H and O–H groups in total. The lowest BCUT2D eigenvalue weighted by molar-refractivity contribution is -0.383. The third-order valence-electron chi connectivity index (χ3n) is 3.62. The van der Waals surface area contributed by atoms with Gasteiger partial charge in [-0.15, -0.1) is 0 Å². The predicted octanol–water partition coefficient (Wildman–Crippen LogP) is 4.59. The molecular formula is C17H13F3N6O2. The number of nitrogens with zero attached hydrogens (tertiary/aromatic N) is 4. The van der Waals surface area contributed by atoms with E-state index in [1.54, 1.807) is 12.1 Å². The van der Waals surface area contributed by atoms with Gasteiger partial charge in [0.05, 0.1) is 10.5 Å². The number of rotatable bonds is 5. The first kappa shape index (κ1) is 19.0. The van der Waals surface area contributed by atoms with Crippen LogP contribution in [0.2, 0.25) is 0 Å². The maximum absolute atomic E-state index is 12.9. The number of pyridine rings is 1. The molecule has 0 saturated heterocycles. The van der Waals surface area contributed by atoms with Crippen molar-refractivity contribution >= 4 is 28.8 Å². The molecule has 0 aliphatic carbocycles. The van der Waals surface area contributed by atoms with E-state index in [0.717, 1.165) is 24.0 Å². The minimum Gasteiger partial charge on any atom is -0.334 e. The Kier molecular flexibility index (Phi) is 5.07. The maximum Gasteiger partial charge on any atom is 0.416 e. The van der Waals surface area contributed by atoms with E-state index in [0.29, 0.717) is 5.82 Å². The lowest BCUT2D eigenvalue weighted by Gasteiger charge is -2.12. The van der Waals surface area contributed by atoms with Gasteiger partial charge in [0, 0.05) is 11.9 Å². The van der Waals surface area contributed by atoms with E-state index in [4.69, 9.17) is 0 Å². The summed E-state index contributed by atoms with van der Waals surface area (Å²) < 4.78 is 38.6. The highest BCUT2D eigenvalue weighted by molar-refractivity contribution is 5.76. The highest BCUT2D eigenvalue weighted by atomic mass is 19.4. The van der Waals surface area contributed by atoms with Crippen molar-refractivity contribution in [2.75, 3.05) is 10.6 Å². The van der Waals surface area contributed by atoms with Gasteiger partial charge in [0.2, 0.25) is 11.6 Å². The Morgan fingerprint density at radius 3 is 2.39 bits per heavy atom. The molecule has 0 radical (unpaired) electrons. The lowest BCUT2D eigenvalue weighted by Crippen LogP contribution is -2.08. The van der Waals surface area contributed by atoms with E-state index in [-0.39, 0.29) is 17.3 Å². The number of benzene rings is 1. The number of hydrogen-bond acceptors (Lipinski definition) is 7. The summed E-state index contributed by atoms with van der Waals surface area (Å²) in [4.78, 5) is 22.5. The van der Waals surface area contributed by atoms with Crippen molar-refractivity contribution in [3.8, 4) is 0 Å².